The van der Waals surface area contributed by atoms with Crippen molar-refractivity contribution in [2.24, 2.45) is 11.8 Å². The van der Waals surface area contributed by atoms with Crippen LogP contribution < -0.4 is 16.6 Å². The molecule has 1 fully saturated rings. The smallest absolute Gasteiger partial charge is 0.306 e. The first-order valence-corrected chi connectivity index (χ1v) is 6.73. The second kappa shape index (κ2) is 7.00. The third-order valence-electron chi connectivity index (χ3n) is 3.20. The molecule has 1 amide bonds. The summed E-state index contributed by atoms with van der Waals surface area (Å²) in [5.74, 6) is 5.37. The molecule has 1 aromatic rings. The average Bonchev–Trinajstić information content (AvgIpc) is 3.29. The number of anilines is 1. The molecule has 1 aromatic carbocycles. The molecule has 0 aromatic heterocycles. The minimum Gasteiger partial charge on any atom is -0.379 e. The lowest BCUT2D eigenvalue weighted by atomic mass is 10.1. The summed E-state index contributed by atoms with van der Waals surface area (Å²) < 4.78 is 5.39. The fraction of sp³-hybridized carbons (Fsp3) is 0.462. The lowest BCUT2D eigenvalue weighted by molar-refractivity contribution is -0.384. The number of hydrogen-bond donors (Lipinski definition) is 3. The number of nitrogens with one attached hydrogen (secondary N) is 2. The maximum absolute atomic E-state index is 12.0. The maximum atomic E-state index is 12.0. The Balaban J connectivity index is 1.92. The number of benzene rings is 1. The summed E-state index contributed by atoms with van der Waals surface area (Å²) in [7, 11) is 0. The Bertz CT molecular complexity index is 531. The van der Waals surface area contributed by atoms with Gasteiger partial charge in [0.05, 0.1) is 11.5 Å². The number of nitro groups is 1. The average molecular weight is 294 g/mol. The minimum absolute atomic E-state index is 0.0300. The standard InChI is InChI=1S/C13H18N4O4/c14-16-11-3-1-2-10(12(11)17(19)20)13(18)15-6-7-21-8-9-4-5-9/h1-3,9,16H,4-8,14H2,(H,15,18). The minimum atomic E-state index is -0.631. The van der Waals surface area contributed by atoms with Crippen molar-refractivity contribution in [3.8, 4) is 0 Å². The van der Waals surface area contributed by atoms with Crippen LogP contribution in [0.4, 0.5) is 11.4 Å². The zero-order chi connectivity index (χ0) is 15.2. The van der Waals surface area contributed by atoms with Gasteiger partial charge in [0.2, 0.25) is 0 Å². The van der Waals surface area contributed by atoms with Crippen LogP contribution in [0.5, 0.6) is 0 Å². The fourth-order valence-electron chi connectivity index (χ4n) is 1.91. The second-order valence-corrected chi connectivity index (χ2v) is 4.88. The van der Waals surface area contributed by atoms with E-state index in [0.29, 0.717) is 25.7 Å². The molecule has 0 unspecified atom stereocenters. The number of para-hydroxylation sites is 1. The summed E-state index contributed by atoms with van der Waals surface area (Å²) in [6.45, 7) is 1.41. The molecule has 1 saturated carbocycles. The molecule has 8 heteroatoms. The summed E-state index contributed by atoms with van der Waals surface area (Å²) in [5, 5.41) is 13.7. The van der Waals surface area contributed by atoms with E-state index in [0.717, 1.165) is 0 Å². The van der Waals surface area contributed by atoms with Gasteiger partial charge in [0.15, 0.2) is 0 Å². The Labute approximate surface area is 121 Å². The molecular formula is C13H18N4O4. The van der Waals surface area contributed by atoms with E-state index in [4.69, 9.17) is 10.6 Å². The Morgan fingerprint density at radius 1 is 1.48 bits per heavy atom. The van der Waals surface area contributed by atoms with Gasteiger partial charge in [0.1, 0.15) is 11.3 Å². The molecule has 0 atom stereocenters. The lowest BCUT2D eigenvalue weighted by Crippen LogP contribution is -2.28. The molecule has 0 radical (unpaired) electrons. The van der Waals surface area contributed by atoms with Gasteiger partial charge < -0.3 is 15.5 Å². The van der Waals surface area contributed by atoms with Crippen molar-refractivity contribution in [1.29, 1.82) is 0 Å². The summed E-state index contributed by atoms with van der Waals surface area (Å²) >= 11 is 0. The number of carbonyl (C=O) groups is 1. The number of rotatable bonds is 8. The van der Waals surface area contributed by atoms with Crippen LogP contribution in [0.3, 0.4) is 0 Å². The summed E-state index contributed by atoms with van der Waals surface area (Å²) in [6, 6.07) is 4.35. The SMILES string of the molecule is NNc1cccc(C(=O)NCCOCC2CC2)c1[N+](=O)[O-]. The van der Waals surface area contributed by atoms with Crippen molar-refractivity contribution in [2.45, 2.75) is 12.8 Å². The molecule has 0 aliphatic heterocycles. The molecule has 4 N–H and O–H groups in total. The molecule has 1 aliphatic rings. The van der Waals surface area contributed by atoms with Crippen molar-refractivity contribution >= 4 is 17.3 Å². The van der Waals surface area contributed by atoms with E-state index >= 15 is 0 Å². The van der Waals surface area contributed by atoms with E-state index in [1.54, 1.807) is 0 Å². The molecule has 8 nitrogen and oxygen atoms in total. The van der Waals surface area contributed by atoms with Crippen LogP contribution in [-0.2, 0) is 4.74 Å². The Morgan fingerprint density at radius 2 is 2.24 bits per heavy atom. The number of ether oxygens (including phenoxy) is 1. The van der Waals surface area contributed by atoms with E-state index < -0.39 is 10.8 Å². The zero-order valence-corrected chi connectivity index (χ0v) is 11.5. The van der Waals surface area contributed by atoms with E-state index in [1.165, 1.54) is 31.0 Å². The van der Waals surface area contributed by atoms with Crippen LogP contribution in [0.2, 0.25) is 0 Å². The Morgan fingerprint density at radius 3 is 2.86 bits per heavy atom. The predicted octanol–water partition coefficient (Wildman–Crippen LogP) is 1.04. The second-order valence-electron chi connectivity index (χ2n) is 4.88. The third-order valence-corrected chi connectivity index (χ3v) is 3.20. The van der Waals surface area contributed by atoms with Crippen molar-refractivity contribution in [2.75, 3.05) is 25.2 Å². The summed E-state index contributed by atoms with van der Waals surface area (Å²) in [4.78, 5) is 22.4. The highest BCUT2D eigenvalue weighted by atomic mass is 16.6. The molecule has 1 aliphatic carbocycles. The van der Waals surface area contributed by atoms with Crippen LogP contribution in [-0.4, -0.2) is 30.6 Å². The Hall–Kier alpha value is -2.19. The van der Waals surface area contributed by atoms with Crippen LogP contribution in [0, 0.1) is 16.0 Å². The number of nitrogens with zero attached hydrogens (tertiary/aromatic N) is 1. The van der Waals surface area contributed by atoms with Gasteiger partial charge in [0.25, 0.3) is 5.91 Å². The van der Waals surface area contributed by atoms with E-state index in [2.05, 4.69) is 10.7 Å². The highest BCUT2D eigenvalue weighted by Gasteiger charge is 2.24. The normalized spacial score (nSPS) is 13.8. The summed E-state index contributed by atoms with van der Waals surface area (Å²) in [5.41, 5.74) is 1.95. The van der Waals surface area contributed by atoms with Crippen molar-refractivity contribution in [3.05, 3.63) is 33.9 Å². The largest absolute Gasteiger partial charge is 0.379 e. The zero-order valence-electron chi connectivity index (χ0n) is 11.5. The number of amides is 1. The Kier molecular flexibility index (Phi) is 5.07. The number of hydrazine groups is 1. The van der Waals surface area contributed by atoms with Gasteiger partial charge in [-0.25, -0.2) is 0 Å². The van der Waals surface area contributed by atoms with Gasteiger partial charge in [-0.05, 0) is 30.9 Å². The van der Waals surface area contributed by atoms with Gasteiger partial charge in [0, 0.05) is 13.2 Å². The maximum Gasteiger partial charge on any atom is 0.306 e. The van der Waals surface area contributed by atoms with E-state index in [9.17, 15) is 14.9 Å². The molecule has 2 rings (SSSR count). The highest BCUT2D eigenvalue weighted by molar-refractivity contribution is 6.00. The quantitative estimate of drug-likeness (QED) is 0.285. The molecule has 0 spiro atoms. The van der Waals surface area contributed by atoms with Crippen LogP contribution in [0.25, 0.3) is 0 Å². The van der Waals surface area contributed by atoms with E-state index in [1.807, 2.05) is 0 Å². The number of hydrogen-bond acceptors (Lipinski definition) is 6. The molecule has 0 saturated heterocycles. The lowest BCUT2D eigenvalue weighted by Gasteiger charge is -2.08. The topological polar surface area (TPSA) is 120 Å². The highest BCUT2D eigenvalue weighted by Crippen LogP contribution is 2.29. The number of nitro benzene ring substituents is 1. The van der Waals surface area contributed by atoms with Crippen molar-refractivity contribution < 1.29 is 14.5 Å². The molecule has 0 bridgehead atoms. The number of nitrogens with two attached hydrogens (primary N) is 1. The number of nitrogen functional groups attached to an aromatic ring is 1. The molecule has 114 valence electrons. The molecular weight excluding hydrogens is 276 g/mol. The van der Waals surface area contributed by atoms with Crippen LogP contribution in [0.15, 0.2) is 18.2 Å². The first-order valence-electron chi connectivity index (χ1n) is 6.73. The molecule has 21 heavy (non-hydrogen) atoms. The van der Waals surface area contributed by atoms with E-state index in [-0.39, 0.29) is 16.9 Å². The number of carbonyl (C=O) groups excluding carboxylic acids is 1. The van der Waals surface area contributed by atoms with Gasteiger partial charge in [-0.15, -0.1) is 0 Å². The monoisotopic (exact) mass is 294 g/mol. The van der Waals surface area contributed by atoms with Gasteiger partial charge in [-0.2, -0.15) is 0 Å². The van der Waals surface area contributed by atoms with Gasteiger partial charge in [-0.1, -0.05) is 6.07 Å². The van der Waals surface area contributed by atoms with Gasteiger partial charge in [-0.3, -0.25) is 20.8 Å². The first kappa shape index (κ1) is 15.2. The fourth-order valence-corrected chi connectivity index (χ4v) is 1.91. The molecule has 0 heterocycles. The van der Waals surface area contributed by atoms with Gasteiger partial charge >= 0.3 is 5.69 Å². The first-order chi connectivity index (χ1) is 10.1. The summed E-state index contributed by atoms with van der Waals surface area (Å²) in [6.07, 6.45) is 2.41. The van der Waals surface area contributed by atoms with Crippen LogP contribution in [0.1, 0.15) is 23.2 Å². The van der Waals surface area contributed by atoms with Crippen molar-refractivity contribution in [3.63, 3.8) is 0 Å². The third kappa shape index (κ3) is 4.14. The van der Waals surface area contributed by atoms with Crippen molar-refractivity contribution in [1.82, 2.24) is 5.32 Å². The predicted molar refractivity (Wildman–Crippen MR) is 76.8 cm³/mol. The van der Waals surface area contributed by atoms with Crippen LogP contribution >= 0.6 is 0 Å².